The third-order valence-electron chi connectivity index (χ3n) is 5.84. The van der Waals surface area contributed by atoms with E-state index in [-0.39, 0.29) is 30.1 Å². The maximum Gasteiger partial charge on any atom is 0.255 e. The molecule has 8 heteroatoms. The molecule has 0 saturated carbocycles. The molecule has 0 N–H and O–H groups in total. The number of rotatable bonds is 4. The van der Waals surface area contributed by atoms with E-state index in [9.17, 15) is 14.4 Å². The molecular weight excluding hydrogens is 418 g/mol. The number of ether oxygens (including phenoxy) is 1. The Bertz CT molecular complexity index is 987. The smallest absolute Gasteiger partial charge is 0.255 e. The number of halogens is 1. The maximum atomic E-state index is 13.0. The highest BCUT2D eigenvalue weighted by atomic mass is 35.5. The van der Waals surface area contributed by atoms with Crippen molar-refractivity contribution in [2.75, 3.05) is 44.7 Å². The summed E-state index contributed by atoms with van der Waals surface area (Å²) in [7, 11) is 1.59. The number of methoxy groups -OCH3 is 1. The lowest BCUT2D eigenvalue weighted by molar-refractivity contribution is -0.137. The number of amides is 3. The molecule has 162 valence electrons. The van der Waals surface area contributed by atoms with E-state index in [2.05, 4.69) is 0 Å². The molecule has 2 aliphatic rings. The quantitative estimate of drug-likeness (QED) is 0.731. The first-order valence-electron chi connectivity index (χ1n) is 10.2. The van der Waals surface area contributed by atoms with Gasteiger partial charge in [-0.25, -0.2) is 0 Å². The van der Waals surface area contributed by atoms with Crippen molar-refractivity contribution < 1.29 is 19.1 Å². The van der Waals surface area contributed by atoms with Crippen LogP contribution in [0.1, 0.15) is 16.8 Å². The number of hydrogen-bond acceptors (Lipinski definition) is 4. The zero-order valence-corrected chi connectivity index (χ0v) is 18.0. The van der Waals surface area contributed by atoms with E-state index in [1.165, 1.54) is 0 Å². The Morgan fingerprint density at radius 3 is 2.26 bits per heavy atom. The molecule has 0 bridgehead atoms. The van der Waals surface area contributed by atoms with Gasteiger partial charge < -0.3 is 19.4 Å². The first-order valence-corrected chi connectivity index (χ1v) is 10.6. The van der Waals surface area contributed by atoms with Crippen LogP contribution in [0.5, 0.6) is 5.75 Å². The molecule has 2 aliphatic heterocycles. The summed E-state index contributed by atoms with van der Waals surface area (Å²) in [4.78, 5) is 43.4. The number of benzene rings is 2. The van der Waals surface area contributed by atoms with E-state index in [1.54, 1.807) is 58.2 Å². The molecule has 7 nitrogen and oxygen atoms in total. The lowest BCUT2D eigenvalue weighted by Crippen LogP contribution is -2.52. The number of hydrogen-bond donors (Lipinski definition) is 0. The van der Waals surface area contributed by atoms with Crippen LogP contribution in [0.3, 0.4) is 0 Å². The second-order valence-corrected chi connectivity index (χ2v) is 8.11. The Balaban J connectivity index is 1.35. The van der Waals surface area contributed by atoms with Gasteiger partial charge in [-0.2, -0.15) is 0 Å². The summed E-state index contributed by atoms with van der Waals surface area (Å²) in [6.45, 7) is 2.14. The Morgan fingerprint density at radius 1 is 0.968 bits per heavy atom. The summed E-state index contributed by atoms with van der Waals surface area (Å²) in [5, 5.41) is 0.425. The predicted octanol–water partition coefficient (Wildman–Crippen LogP) is 2.69. The molecule has 0 unspecified atom stereocenters. The van der Waals surface area contributed by atoms with Gasteiger partial charge in [-0.3, -0.25) is 14.4 Å². The van der Waals surface area contributed by atoms with Crippen molar-refractivity contribution in [3.63, 3.8) is 0 Å². The minimum atomic E-state index is -0.375. The van der Waals surface area contributed by atoms with Crippen molar-refractivity contribution in [1.82, 2.24) is 9.80 Å². The van der Waals surface area contributed by atoms with E-state index in [0.29, 0.717) is 49.1 Å². The SMILES string of the molecule is COc1ccc(N2C[C@@H](C(=O)N3CCN(C(=O)c4ccccc4Cl)CC3)CC2=O)cc1. The van der Waals surface area contributed by atoms with E-state index in [0.717, 1.165) is 5.69 Å². The van der Waals surface area contributed by atoms with Crippen LogP contribution in [-0.2, 0) is 9.59 Å². The fraction of sp³-hybridized carbons (Fsp3) is 0.348. The minimum Gasteiger partial charge on any atom is -0.497 e. The van der Waals surface area contributed by atoms with Gasteiger partial charge in [-0.05, 0) is 36.4 Å². The number of nitrogens with zero attached hydrogens (tertiary/aromatic N) is 3. The molecular formula is C23H24ClN3O4. The standard InChI is InChI=1S/C23H24ClN3O4/c1-31-18-8-6-17(7-9-18)27-15-16(14-21(27)28)22(29)25-10-12-26(13-11-25)23(30)19-4-2-3-5-20(19)24/h2-9,16H,10-15H2,1H3/t16-/m0/s1. The summed E-state index contributed by atoms with van der Waals surface area (Å²) in [5.74, 6) is 0.123. The largest absolute Gasteiger partial charge is 0.497 e. The molecule has 2 aromatic carbocycles. The zero-order valence-electron chi connectivity index (χ0n) is 17.3. The summed E-state index contributed by atoms with van der Waals surface area (Å²) in [6, 6.07) is 14.2. The van der Waals surface area contributed by atoms with Crippen molar-refractivity contribution in [3.8, 4) is 5.75 Å². The first-order chi connectivity index (χ1) is 15.0. The van der Waals surface area contributed by atoms with Crippen molar-refractivity contribution in [2.45, 2.75) is 6.42 Å². The van der Waals surface area contributed by atoms with Crippen LogP contribution in [0.15, 0.2) is 48.5 Å². The first kappa shape index (κ1) is 21.2. The second kappa shape index (κ2) is 8.98. The van der Waals surface area contributed by atoms with Gasteiger partial charge in [0.15, 0.2) is 0 Å². The normalized spacial score (nSPS) is 19.0. The number of carbonyl (C=O) groups excluding carboxylic acids is 3. The third kappa shape index (κ3) is 4.37. The second-order valence-electron chi connectivity index (χ2n) is 7.70. The number of carbonyl (C=O) groups is 3. The molecule has 31 heavy (non-hydrogen) atoms. The minimum absolute atomic E-state index is 0.0331. The van der Waals surface area contributed by atoms with E-state index < -0.39 is 0 Å². The highest BCUT2D eigenvalue weighted by Gasteiger charge is 2.38. The van der Waals surface area contributed by atoms with Gasteiger partial charge in [-0.1, -0.05) is 23.7 Å². The molecule has 0 spiro atoms. The van der Waals surface area contributed by atoms with E-state index in [1.807, 2.05) is 12.1 Å². The Morgan fingerprint density at radius 2 is 1.61 bits per heavy atom. The van der Waals surface area contributed by atoms with Gasteiger partial charge in [0, 0.05) is 44.8 Å². The molecule has 2 saturated heterocycles. The molecule has 2 heterocycles. The Kier molecular flexibility index (Phi) is 6.13. The van der Waals surface area contributed by atoms with Gasteiger partial charge in [0.2, 0.25) is 11.8 Å². The summed E-state index contributed by atoms with van der Waals surface area (Å²) >= 11 is 6.14. The molecule has 2 fully saturated rings. The maximum absolute atomic E-state index is 13.0. The molecule has 0 radical (unpaired) electrons. The molecule has 0 aromatic heterocycles. The summed E-state index contributed by atoms with van der Waals surface area (Å²) in [5.41, 5.74) is 1.23. The van der Waals surface area contributed by atoms with Gasteiger partial charge in [0.1, 0.15) is 5.75 Å². The average molecular weight is 442 g/mol. The number of piperazine rings is 1. The Labute approximate surface area is 186 Å². The van der Waals surface area contributed by atoms with Crippen LogP contribution < -0.4 is 9.64 Å². The topological polar surface area (TPSA) is 70.2 Å². The fourth-order valence-corrected chi connectivity index (χ4v) is 4.29. The molecule has 2 aromatic rings. The lowest BCUT2D eigenvalue weighted by atomic mass is 10.1. The summed E-state index contributed by atoms with van der Waals surface area (Å²) in [6.07, 6.45) is 0.198. The molecule has 4 rings (SSSR count). The molecule has 0 aliphatic carbocycles. The highest BCUT2D eigenvalue weighted by Crippen LogP contribution is 2.28. The van der Waals surface area contributed by atoms with Crippen molar-refractivity contribution in [2.24, 2.45) is 5.92 Å². The zero-order chi connectivity index (χ0) is 22.0. The Hall–Kier alpha value is -3.06. The van der Waals surface area contributed by atoms with Crippen LogP contribution >= 0.6 is 11.6 Å². The van der Waals surface area contributed by atoms with Gasteiger partial charge in [0.05, 0.1) is 23.6 Å². The molecule has 3 amide bonds. The van der Waals surface area contributed by atoms with Crippen molar-refractivity contribution in [3.05, 3.63) is 59.1 Å². The van der Waals surface area contributed by atoms with Crippen LogP contribution in [0.25, 0.3) is 0 Å². The number of anilines is 1. The van der Waals surface area contributed by atoms with Crippen LogP contribution in [0.2, 0.25) is 5.02 Å². The van der Waals surface area contributed by atoms with Crippen molar-refractivity contribution in [1.29, 1.82) is 0 Å². The average Bonchev–Trinajstić information content (AvgIpc) is 3.20. The van der Waals surface area contributed by atoms with Crippen LogP contribution in [-0.4, -0.2) is 67.4 Å². The third-order valence-corrected chi connectivity index (χ3v) is 6.17. The monoisotopic (exact) mass is 441 g/mol. The lowest BCUT2D eigenvalue weighted by Gasteiger charge is -2.36. The van der Waals surface area contributed by atoms with Gasteiger partial charge in [0.25, 0.3) is 5.91 Å². The summed E-state index contributed by atoms with van der Waals surface area (Å²) < 4.78 is 5.16. The van der Waals surface area contributed by atoms with E-state index in [4.69, 9.17) is 16.3 Å². The van der Waals surface area contributed by atoms with Gasteiger partial charge in [-0.15, -0.1) is 0 Å². The predicted molar refractivity (Wildman–Crippen MR) is 117 cm³/mol. The molecule has 1 atom stereocenters. The van der Waals surface area contributed by atoms with Crippen LogP contribution in [0.4, 0.5) is 5.69 Å². The van der Waals surface area contributed by atoms with Crippen molar-refractivity contribution >= 4 is 35.0 Å². The van der Waals surface area contributed by atoms with E-state index >= 15 is 0 Å². The highest BCUT2D eigenvalue weighted by molar-refractivity contribution is 6.33. The fourth-order valence-electron chi connectivity index (χ4n) is 4.08. The van der Waals surface area contributed by atoms with Gasteiger partial charge >= 0.3 is 0 Å². The van der Waals surface area contributed by atoms with Crippen LogP contribution in [0, 0.1) is 5.92 Å².